The standard InChI is InChI=1S/C11H12O3/c1-14-10-6-8(4-5-9(10)12)11(13)7-2-3-7/h4-7,12H,2-3H2,1H3. The van der Waals surface area contributed by atoms with Crippen molar-refractivity contribution in [2.75, 3.05) is 7.11 Å². The first-order valence-corrected chi connectivity index (χ1v) is 4.63. The number of Topliss-reactive ketones (excluding diaryl/α,β-unsaturated/α-hetero) is 1. The molecule has 0 aliphatic heterocycles. The van der Waals surface area contributed by atoms with Crippen LogP contribution >= 0.6 is 0 Å². The van der Waals surface area contributed by atoms with Crippen molar-refractivity contribution in [2.24, 2.45) is 5.92 Å². The Morgan fingerprint density at radius 2 is 2.21 bits per heavy atom. The van der Waals surface area contributed by atoms with Crippen LogP contribution in [0, 0.1) is 5.92 Å². The van der Waals surface area contributed by atoms with Crippen LogP contribution < -0.4 is 4.74 Å². The molecule has 3 nitrogen and oxygen atoms in total. The van der Waals surface area contributed by atoms with E-state index in [-0.39, 0.29) is 17.5 Å². The molecule has 1 aromatic rings. The van der Waals surface area contributed by atoms with E-state index in [9.17, 15) is 9.90 Å². The van der Waals surface area contributed by atoms with Crippen molar-refractivity contribution in [1.29, 1.82) is 0 Å². The molecule has 1 N–H and O–H groups in total. The molecule has 14 heavy (non-hydrogen) atoms. The molecule has 1 saturated carbocycles. The molecule has 0 amide bonds. The van der Waals surface area contributed by atoms with Crippen LogP contribution in [0.15, 0.2) is 18.2 Å². The van der Waals surface area contributed by atoms with Gasteiger partial charge in [-0.1, -0.05) is 0 Å². The zero-order valence-corrected chi connectivity index (χ0v) is 7.99. The lowest BCUT2D eigenvalue weighted by molar-refractivity contribution is 0.0967. The second kappa shape index (κ2) is 3.33. The number of hydrogen-bond donors (Lipinski definition) is 1. The molecular weight excluding hydrogens is 180 g/mol. The lowest BCUT2D eigenvalue weighted by Crippen LogP contribution is -2.01. The molecule has 0 bridgehead atoms. The highest BCUT2D eigenvalue weighted by Gasteiger charge is 2.30. The summed E-state index contributed by atoms with van der Waals surface area (Å²) >= 11 is 0. The second-order valence-corrected chi connectivity index (χ2v) is 3.53. The van der Waals surface area contributed by atoms with Crippen molar-refractivity contribution in [3.63, 3.8) is 0 Å². The summed E-state index contributed by atoms with van der Waals surface area (Å²) in [6, 6.07) is 4.73. The first-order valence-electron chi connectivity index (χ1n) is 4.63. The smallest absolute Gasteiger partial charge is 0.166 e. The van der Waals surface area contributed by atoms with E-state index in [1.807, 2.05) is 0 Å². The summed E-state index contributed by atoms with van der Waals surface area (Å²) in [5, 5.41) is 9.33. The Bertz CT molecular complexity index is 367. The number of phenols is 1. The van der Waals surface area contributed by atoms with Gasteiger partial charge in [-0.3, -0.25) is 4.79 Å². The van der Waals surface area contributed by atoms with Gasteiger partial charge in [0.15, 0.2) is 17.3 Å². The van der Waals surface area contributed by atoms with Gasteiger partial charge in [0.05, 0.1) is 7.11 Å². The molecule has 0 aromatic heterocycles. The van der Waals surface area contributed by atoms with Crippen molar-refractivity contribution in [2.45, 2.75) is 12.8 Å². The van der Waals surface area contributed by atoms with Gasteiger partial charge in [0.2, 0.25) is 0 Å². The molecule has 1 aliphatic carbocycles. The highest BCUT2D eigenvalue weighted by molar-refractivity contribution is 5.99. The maximum absolute atomic E-state index is 11.6. The number of ether oxygens (including phenoxy) is 1. The normalized spacial score (nSPS) is 15.2. The van der Waals surface area contributed by atoms with Crippen LogP contribution in [0.5, 0.6) is 11.5 Å². The van der Waals surface area contributed by atoms with Crippen molar-refractivity contribution < 1.29 is 14.6 Å². The van der Waals surface area contributed by atoms with E-state index in [0.29, 0.717) is 11.3 Å². The molecule has 3 heteroatoms. The average molecular weight is 192 g/mol. The number of carbonyl (C=O) groups is 1. The SMILES string of the molecule is COc1cc(C(=O)C2CC2)ccc1O. The third kappa shape index (κ3) is 1.58. The van der Waals surface area contributed by atoms with Gasteiger partial charge < -0.3 is 9.84 Å². The van der Waals surface area contributed by atoms with Crippen LogP contribution in [0.3, 0.4) is 0 Å². The van der Waals surface area contributed by atoms with E-state index < -0.39 is 0 Å². The van der Waals surface area contributed by atoms with Crippen molar-refractivity contribution >= 4 is 5.78 Å². The van der Waals surface area contributed by atoms with Crippen LogP contribution in [0.25, 0.3) is 0 Å². The molecule has 1 fully saturated rings. The third-order valence-corrected chi connectivity index (χ3v) is 2.41. The molecule has 1 aromatic carbocycles. The molecule has 0 saturated heterocycles. The van der Waals surface area contributed by atoms with Gasteiger partial charge in [-0.05, 0) is 31.0 Å². The maximum Gasteiger partial charge on any atom is 0.166 e. The zero-order valence-electron chi connectivity index (χ0n) is 7.99. The summed E-state index contributed by atoms with van der Waals surface area (Å²) in [5.74, 6) is 0.781. The van der Waals surface area contributed by atoms with Crippen molar-refractivity contribution in [1.82, 2.24) is 0 Å². The largest absolute Gasteiger partial charge is 0.504 e. The van der Waals surface area contributed by atoms with E-state index in [2.05, 4.69) is 0 Å². The van der Waals surface area contributed by atoms with Crippen LogP contribution in [0.1, 0.15) is 23.2 Å². The molecule has 74 valence electrons. The molecule has 0 heterocycles. The zero-order chi connectivity index (χ0) is 10.1. The summed E-state index contributed by atoms with van der Waals surface area (Å²) in [7, 11) is 1.47. The predicted molar refractivity (Wildman–Crippen MR) is 51.7 cm³/mol. The number of rotatable bonds is 3. The Balaban J connectivity index is 2.29. The van der Waals surface area contributed by atoms with E-state index in [1.54, 1.807) is 12.1 Å². The van der Waals surface area contributed by atoms with Gasteiger partial charge in [0.25, 0.3) is 0 Å². The highest BCUT2D eigenvalue weighted by Crippen LogP contribution is 2.34. The molecule has 2 rings (SSSR count). The number of carbonyl (C=O) groups excluding carboxylic acids is 1. The molecule has 0 unspecified atom stereocenters. The highest BCUT2D eigenvalue weighted by atomic mass is 16.5. The van der Waals surface area contributed by atoms with E-state index in [4.69, 9.17) is 4.74 Å². The minimum atomic E-state index is 0.0693. The minimum Gasteiger partial charge on any atom is -0.504 e. The Kier molecular flexibility index (Phi) is 2.15. The van der Waals surface area contributed by atoms with Crippen LogP contribution in [0.4, 0.5) is 0 Å². The fourth-order valence-electron chi connectivity index (χ4n) is 1.41. The number of phenolic OH excluding ortho intramolecular Hbond substituents is 1. The fourth-order valence-corrected chi connectivity index (χ4v) is 1.41. The lowest BCUT2D eigenvalue weighted by atomic mass is 10.1. The fraction of sp³-hybridized carbons (Fsp3) is 0.364. The topological polar surface area (TPSA) is 46.5 Å². The molecule has 0 atom stereocenters. The monoisotopic (exact) mass is 192 g/mol. The number of benzene rings is 1. The van der Waals surface area contributed by atoms with Gasteiger partial charge in [-0.15, -0.1) is 0 Å². The maximum atomic E-state index is 11.6. The molecular formula is C11H12O3. The van der Waals surface area contributed by atoms with Gasteiger partial charge >= 0.3 is 0 Å². The summed E-state index contributed by atoms with van der Waals surface area (Å²) < 4.78 is 4.93. The summed E-state index contributed by atoms with van der Waals surface area (Å²) in [6.07, 6.45) is 1.98. The van der Waals surface area contributed by atoms with E-state index in [1.165, 1.54) is 13.2 Å². The Labute approximate surface area is 82.3 Å². The predicted octanol–water partition coefficient (Wildman–Crippen LogP) is 1.99. The van der Waals surface area contributed by atoms with Crippen molar-refractivity contribution in [3.8, 4) is 11.5 Å². The number of hydrogen-bond acceptors (Lipinski definition) is 3. The summed E-state index contributed by atoms with van der Waals surface area (Å²) in [4.78, 5) is 11.6. The number of methoxy groups -OCH3 is 1. The van der Waals surface area contributed by atoms with Crippen LogP contribution in [0.2, 0.25) is 0 Å². The quantitative estimate of drug-likeness (QED) is 0.745. The first kappa shape index (κ1) is 9.06. The van der Waals surface area contributed by atoms with E-state index in [0.717, 1.165) is 12.8 Å². The second-order valence-electron chi connectivity index (χ2n) is 3.53. The van der Waals surface area contributed by atoms with E-state index >= 15 is 0 Å². The lowest BCUT2D eigenvalue weighted by Gasteiger charge is -2.05. The number of aromatic hydroxyl groups is 1. The molecule has 0 radical (unpaired) electrons. The summed E-state index contributed by atoms with van der Waals surface area (Å²) in [5.41, 5.74) is 0.627. The average Bonchev–Trinajstić information content (AvgIpc) is 3.01. The Morgan fingerprint density at radius 3 is 2.79 bits per heavy atom. The van der Waals surface area contributed by atoms with Crippen LogP contribution in [-0.4, -0.2) is 18.0 Å². The van der Waals surface area contributed by atoms with Crippen molar-refractivity contribution in [3.05, 3.63) is 23.8 Å². The first-order chi connectivity index (χ1) is 6.72. The Hall–Kier alpha value is -1.51. The van der Waals surface area contributed by atoms with Gasteiger partial charge in [0.1, 0.15) is 0 Å². The number of ketones is 1. The van der Waals surface area contributed by atoms with Gasteiger partial charge in [-0.25, -0.2) is 0 Å². The Morgan fingerprint density at radius 1 is 1.50 bits per heavy atom. The minimum absolute atomic E-state index is 0.0693. The summed E-state index contributed by atoms with van der Waals surface area (Å²) in [6.45, 7) is 0. The van der Waals surface area contributed by atoms with Gasteiger partial charge in [-0.2, -0.15) is 0 Å². The molecule has 1 aliphatic rings. The van der Waals surface area contributed by atoms with Gasteiger partial charge in [0, 0.05) is 11.5 Å². The van der Waals surface area contributed by atoms with Crippen LogP contribution in [-0.2, 0) is 0 Å². The molecule has 0 spiro atoms. The third-order valence-electron chi connectivity index (χ3n) is 2.41.